The number of nitrogen functional groups attached to an aromatic ring is 1. The fourth-order valence-corrected chi connectivity index (χ4v) is 4.77. The first-order valence-corrected chi connectivity index (χ1v) is 11.7. The van der Waals surface area contributed by atoms with E-state index in [4.69, 9.17) is 10.5 Å². The summed E-state index contributed by atoms with van der Waals surface area (Å²) in [4.78, 5) is 26.0. The standard InChI is InChI=1S/C26H30N6O2/c1-18-20(15-28-25(29-18)30-22-9-7-21(27)8-10-22)16-31-13-11-23(12-14-31)32-24(17-34-26(32)33)19-5-3-2-4-6-19/h2-10,15,23-24H,11-14,16-17,27H2,1H3,(H,28,29,30). The molecule has 1 unspecified atom stereocenters. The number of rotatable bonds is 6. The fraction of sp³-hybridized carbons (Fsp3) is 0.346. The van der Waals surface area contributed by atoms with Gasteiger partial charge in [0.1, 0.15) is 6.61 Å². The minimum atomic E-state index is -0.194. The number of hydrogen-bond donors (Lipinski definition) is 2. The maximum absolute atomic E-state index is 12.5. The van der Waals surface area contributed by atoms with Crippen LogP contribution in [-0.4, -0.2) is 51.6 Å². The Labute approximate surface area is 199 Å². The summed E-state index contributed by atoms with van der Waals surface area (Å²) in [6.45, 7) is 5.08. The van der Waals surface area contributed by atoms with E-state index in [2.05, 4.69) is 32.3 Å². The number of carbonyl (C=O) groups is 1. The van der Waals surface area contributed by atoms with Crippen LogP contribution in [-0.2, 0) is 11.3 Å². The Kier molecular flexibility index (Phi) is 6.31. The van der Waals surface area contributed by atoms with E-state index in [1.54, 1.807) is 0 Å². The molecule has 1 aromatic heterocycles. The highest BCUT2D eigenvalue weighted by Gasteiger charge is 2.40. The van der Waals surface area contributed by atoms with Crippen LogP contribution in [0.2, 0.25) is 0 Å². The highest BCUT2D eigenvalue weighted by Crippen LogP contribution is 2.33. The summed E-state index contributed by atoms with van der Waals surface area (Å²) in [5, 5.41) is 3.22. The SMILES string of the molecule is Cc1nc(Nc2ccc(N)cc2)ncc1CN1CCC(N2C(=O)OCC2c2ccccc2)CC1. The van der Waals surface area contributed by atoms with Crippen molar-refractivity contribution in [1.82, 2.24) is 19.8 Å². The number of piperidine rings is 1. The molecule has 8 heteroatoms. The second kappa shape index (κ2) is 9.69. The zero-order chi connectivity index (χ0) is 23.5. The van der Waals surface area contributed by atoms with Crippen LogP contribution < -0.4 is 11.1 Å². The van der Waals surface area contributed by atoms with Crippen LogP contribution in [0.4, 0.5) is 22.1 Å². The number of nitrogens with two attached hydrogens (primary N) is 1. The zero-order valence-corrected chi connectivity index (χ0v) is 19.4. The number of nitrogens with zero attached hydrogens (tertiary/aromatic N) is 4. The van der Waals surface area contributed by atoms with Gasteiger partial charge in [-0.1, -0.05) is 30.3 Å². The van der Waals surface area contributed by atoms with Gasteiger partial charge in [0.2, 0.25) is 5.95 Å². The first-order valence-electron chi connectivity index (χ1n) is 11.7. The molecule has 0 bridgehead atoms. The van der Waals surface area contributed by atoms with Crippen molar-refractivity contribution >= 4 is 23.4 Å². The number of benzene rings is 2. The molecule has 0 aliphatic carbocycles. The maximum atomic E-state index is 12.5. The highest BCUT2D eigenvalue weighted by atomic mass is 16.6. The van der Waals surface area contributed by atoms with Gasteiger partial charge in [-0.2, -0.15) is 0 Å². The molecule has 3 aromatic rings. The van der Waals surface area contributed by atoms with Crippen molar-refractivity contribution in [3.8, 4) is 0 Å². The quantitative estimate of drug-likeness (QED) is 0.533. The number of cyclic esters (lactones) is 1. The molecule has 176 valence electrons. The Morgan fingerprint density at radius 2 is 1.82 bits per heavy atom. The Balaban J connectivity index is 1.18. The second-order valence-corrected chi connectivity index (χ2v) is 8.97. The van der Waals surface area contributed by atoms with E-state index in [-0.39, 0.29) is 18.2 Å². The Hall–Kier alpha value is -3.65. The Morgan fingerprint density at radius 3 is 2.53 bits per heavy atom. The number of aryl methyl sites for hydroxylation is 1. The van der Waals surface area contributed by atoms with Crippen molar-refractivity contribution in [2.45, 2.75) is 38.4 Å². The number of carbonyl (C=O) groups excluding carboxylic acids is 1. The van der Waals surface area contributed by atoms with Gasteiger partial charge in [-0.05, 0) is 49.6 Å². The average molecular weight is 459 g/mol. The van der Waals surface area contributed by atoms with Crippen molar-refractivity contribution in [1.29, 1.82) is 0 Å². The summed E-state index contributed by atoms with van der Waals surface area (Å²) in [6, 6.07) is 17.9. The van der Waals surface area contributed by atoms with Gasteiger partial charge in [0.25, 0.3) is 0 Å². The average Bonchev–Trinajstić information content (AvgIpc) is 3.24. The lowest BCUT2D eigenvalue weighted by atomic mass is 9.99. The molecule has 2 aromatic carbocycles. The third-order valence-electron chi connectivity index (χ3n) is 6.69. The molecular weight excluding hydrogens is 428 g/mol. The molecule has 8 nitrogen and oxygen atoms in total. The van der Waals surface area contributed by atoms with Crippen LogP contribution in [0.1, 0.15) is 35.7 Å². The molecule has 2 fully saturated rings. The smallest absolute Gasteiger partial charge is 0.410 e. The largest absolute Gasteiger partial charge is 0.447 e. The minimum absolute atomic E-state index is 0.00185. The van der Waals surface area contributed by atoms with E-state index in [1.807, 2.05) is 60.5 Å². The van der Waals surface area contributed by atoms with Crippen molar-refractivity contribution in [3.63, 3.8) is 0 Å². The van der Waals surface area contributed by atoms with Crippen molar-refractivity contribution in [3.05, 3.63) is 77.6 Å². The summed E-state index contributed by atoms with van der Waals surface area (Å²) in [5.41, 5.74) is 10.6. The normalized spacial score (nSPS) is 19.3. The van der Waals surface area contributed by atoms with E-state index in [0.717, 1.165) is 60.7 Å². The lowest BCUT2D eigenvalue weighted by Crippen LogP contribution is -2.46. The third-order valence-corrected chi connectivity index (χ3v) is 6.69. The van der Waals surface area contributed by atoms with Gasteiger partial charge in [0.15, 0.2) is 0 Å². The molecule has 3 heterocycles. The first-order chi connectivity index (χ1) is 16.6. The van der Waals surface area contributed by atoms with E-state index in [9.17, 15) is 4.79 Å². The van der Waals surface area contributed by atoms with Gasteiger partial charge < -0.3 is 15.8 Å². The van der Waals surface area contributed by atoms with Crippen LogP contribution in [0.3, 0.4) is 0 Å². The van der Waals surface area contributed by atoms with Gasteiger partial charge in [-0.15, -0.1) is 0 Å². The number of amides is 1. The van der Waals surface area contributed by atoms with E-state index in [1.165, 1.54) is 0 Å². The maximum Gasteiger partial charge on any atom is 0.410 e. The molecule has 0 spiro atoms. The lowest BCUT2D eigenvalue weighted by Gasteiger charge is -2.38. The Morgan fingerprint density at radius 1 is 1.09 bits per heavy atom. The topological polar surface area (TPSA) is 96.6 Å². The summed E-state index contributed by atoms with van der Waals surface area (Å²) >= 11 is 0. The second-order valence-electron chi connectivity index (χ2n) is 8.97. The number of aromatic nitrogens is 2. The number of anilines is 3. The van der Waals surface area contributed by atoms with Crippen LogP contribution in [0.5, 0.6) is 0 Å². The minimum Gasteiger partial charge on any atom is -0.447 e. The molecule has 5 rings (SSSR count). The molecule has 1 atom stereocenters. The number of likely N-dealkylation sites (tertiary alicyclic amines) is 1. The lowest BCUT2D eigenvalue weighted by molar-refractivity contribution is 0.104. The predicted molar refractivity (Wildman–Crippen MR) is 132 cm³/mol. The highest BCUT2D eigenvalue weighted by molar-refractivity contribution is 5.71. The van der Waals surface area contributed by atoms with Gasteiger partial charge in [0.05, 0.1) is 6.04 Å². The van der Waals surface area contributed by atoms with Crippen molar-refractivity contribution in [2.75, 3.05) is 30.7 Å². The van der Waals surface area contributed by atoms with E-state index >= 15 is 0 Å². The molecule has 34 heavy (non-hydrogen) atoms. The van der Waals surface area contributed by atoms with Gasteiger partial charge in [0, 0.05) is 54.5 Å². The number of nitrogens with one attached hydrogen (secondary N) is 1. The fourth-order valence-electron chi connectivity index (χ4n) is 4.77. The van der Waals surface area contributed by atoms with Gasteiger partial charge in [-0.3, -0.25) is 9.80 Å². The number of hydrogen-bond acceptors (Lipinski definition) is 7. The van der Waals surface area contributed by atoms with Crippen LogP contribution in [0, 0.1) is 6.92 Å². The van der Waals surface area contributed by atoms with Gasteiger partial charge >= 0.3 is 6.09 Å². The molecular formula is C26H30N6O2. The molecule has 0 radical (unpaired) electrons. The van der Waals surface area contributed by atoms with E-state index in [0.29, 0.717) is 12.6 Å². The molecule has 3 N–H and O–H groups in total. The molecule has 0 saturated carbocycles. The van der Waals surface area contributed by atoms with Gasteiger partial charge in [-0.25, -0.2) is 14.8 Å². The summed E-state index contributed by atoms with van der Waals surface area (Å²) < 4.78 is 5.43. The summed E-state index contributed by atoms with van der Waals surface area (Å²) in [7, 11) is 0. The molecule has 2 aliphatic heterocycles. The van der Waals surface area contributed by atoms with Crippen molar-refractivity contribution < 1.29 is 9.53 Å². The molecule has 2 aliphatic rings. The first kappa shape index (κ1) is 22.2. The zero-order valence-electron chi connectivity index (χ0n) is 19.4. The van der Waals surface area contributed by atoms with E-state index < -0.39 is 0 Å². The van der Waals surface area contributed by atoms with Crippen LogP contribution in [0.25, 0.3) is 0 Å². The molecule has 1 amide bonds. The monoisotopic (exact) mass is 458 g/mol. The van der Waals surface area contributed by atoms with Crippen LogP contribution >= 0.6 is 0 Å². The molecule has 2 saturated heterocycles. The number of ether oxygens (including phenoxy) is 1. The van der Waals surface area contributed by atoms with Crippen molar-refractivity contribution in [2.24, 2.45) is 0 Å². The summed E-state index contributed by atoms with van der Waals surface area (Å²) in [6.07, 6.45) is 3.56. The predicted octanol–water partition coefficient (Wildman–Crippen LogP) is 4.27. The Bertz CT molecular complexity index is 1130. The summed E-state index contributed by atoms with van der Waals surface area (Å²) in [5.74, 6) is 0.573. The third kappa shape index (κ3) is 4.82. The van der Waals surface area contributed by atoms with Crippen LogP contribution in [0.15, 0.2) is 60.8 Å².